The molecule has 0 spiro atoms. The van der Waals surface area contributed by atoms with E-state index < -0.39 is 0 Å². The van der Waals surface area contributed by atoms with Crippen LogP contribution >= 0.6 is 11.6 Å². The molecule has 0 aliphatic heterocycles. The third kappa shape index (κ3) is 5.39. The van der Waals surface area contributed by atoms with E-state index in [0.29, 0.717) is 28.9 Å². The van der Waals surface area contributed by atoms with Gasteiger partial charge < -0.3 is 16.0 Å². The molecule has 112 valence electrons. The van der Waals surface area contributed by atoms with Crippen LogP contribution in [0, 0.1) is 0 Å². The SMILES string of the molecule is CC(C)N(C)CCCCNC(=O)c1ccc(N)cc1Cl. The summed E-state index contributed by atoms with van der Waals surface area (Å²) < 4.78 is 0. The molecule has 0 aromatic heterocycles. The summed E-state index contributed by atoms with van der Waals surface area (Å²) in [4.78, 5) is 14.2. The van der Waals surface area contributed by atoms with Crippen LogP contribution in [0.15, 0.2) is 18.2 Å². The number of carbonyl (C=O) groups excluding carboxylic acids is 1. The number of nitrogens with two attached hydrogens (primary N) is 1. The maximum absolute atomic E-state index is 11.9. The van der Waals surface area contributed by atoms with E-state index in [-0.39, 0.29) is 5.91 Å². The Labute approximate surface area is 126 Å². The molecule has 0 saturated heterocycles. The number of halogens is 1. The Morgan fingerprint density at radius 1 is 1.40 bits per heavy atom. The maximum Gasteiger partial charge on any atom is 0.252 e. The first-order valence-corrected chi connectivity index (χ1v) is 7.33. The average molecular weight is 298 g/mol. The number of anilines is 1. The number of amides is 1. The van der Waals surface area contributed by atoms with Gasteiger partial charge in [0, 0.05) is 18.3 Å². The fourth-order valence-electron chi connectivity index (χ4n) is 1.76. The molecular formula is C15H24ClN3O. The van der Waals surface area contributed by atoms with Gasteiger partial charge in [0.15, 0.2) is 0 Å². The predicted molar refractivity (Wildman–Crippen MR) is 85.2 cm³/mol. The summed E-state index contributed by atoms with van der Waals surface area (Å²) in [7, 11) is 2.11. The third-order valence-electron chi connectivity index (χ3n) is 3.34. The first-order chi connectivity index (χ1) is 9.41. The van der Waals surface area contributed by atoms with Crippen molar-refractivity contribution >= 4 is 23.2 Å². The highest BCUT2D eigenvalue weighted by Crippen LogP contribution is 2.18. The lowest BCUT2D eigenvalue weighted by molar-refractivity contribution is 0.0952. The lowest BCUT2D eigenvalue weighted by Crippen LogP contribution is -2.29. The zero-order chi connectivity index (χ0) is 15.1. The highest BCUT2D eigenvalue weighted by atomic mass is 35.5. The number of nitrogens with one attached hydrogen (secondary N) is 1. The molecular weight excluding hydrogens is 274 g/mol. The number of benzene rings is 1. The molecule has 1 amide bonds. The first kappa shape index (κ1) is 16.8. The molecule has 20 heavy (non-hydrogen) atoms. The maximum atomic E-state index is 11.9. The molecule has 0 bridgehead atoms. The van der Waals surface area contributed by atoms with Gasteiger partial charge in [-0.25, -0.2) is 0 Å². The van der Waals surface area contributed by atoms with Crippen molar-refractivity contribution in [3.63, 3.8) is 0 Å². The molecule has 1 aromatic rings. The number of hydrogen-bond donors (Lipinski definition) is 2. The van der Waals surface area contributed by atoms with Gasteiger partial charge in [0.05, 0.1) is 10.6 Å². The fourth-order valence-corrected chi connectivity index (χ4v) is 2.03. The summed E-state index contributed by atoms with van der Waals surface area (Å²) >= 11 is 5.99. The predicted octanol–water partition coefficient (Wildman–Crippen LogP) is 2.77. The van der Waals surface area contributed by atoms with Gasteiger partial charge in [-0.05, 0) is 58.5 Å². The Bertz CT molecular complexity index is 449. The van der Waals surface area contributed by atoms with Crippen molar-refractivity contribution in [2.45, 2.75) is 32.7 Å². The van der Waals surface area contributed by atoms with Gasteiger partial charge in [0.2, 0.25) is 0 Å². The zero-order valence-electron chi connectivity index (χ0n) is 12.4. The summed E-state index contributed by atoms with van der Waals surface area (Å²) in [6.45, 7) is 6.04. The number of carbonyl (C=O) groups is 1. The summed E-state index contributed by atoms with van der Waals surface area (Å²) in [5, 5.41) is 3.27. The fraction of sp³-hybridized carbons (Fsp3) is 0.533. The van der Waals surface area contributed by atoms with Crippen molar-refractivity contribution in [2.75, 3.05) is 25.9 Å². The molecule has 1 rings (SSSR count). The second-order valence-corrected chi connectivity index (χ2v) is 5.68. The Hall–Kier alpha value is -1.26. The summed E-state index contributed by atoms with van der Waals surface area (Å²) in [5.41, 5.74) is 6.63. The Morgan fingerprint density at radius 3 is 2.70 bits per heavy atom. The van der Waals surface area contributed by atoms with E-state index in [1.165, 1.54) is 0 Å². The number of rotatable bonds is 7. The number of unbranched alkanes of at least 4 members (excludes halogenated alkanes) is 1. The van der Waals surface area contributed by atoms with E-state index in [4.69, 9.17) is 17.3 Å². The molecule has 4 nitrogen and oxygen atoms in total. The quantitative estimate of drug-likeness (QED) is 0.601. The normalized spacial score (nSPS) is 11.1. The Balaban J connectivity index is 2.30. The van der Waals surface area contributed by atoms with Gasteiger partial charge in [0.25, 0.3) is 5.91 Å². The molecule has 0 saturated carbocycles. The van der Waals surface area contributed by atoms with Crippen LogP contribution in [-0.2, 0) is 0 Å². The van der Waals surface area contributed by atoms with Crippen LogP contribution in [0.2, 0.25) is 5.02 Å². The highest BCUT2D eigenvalue weighted by molar-refractivity contribution is 6.34. The van der Waals surface area contributed by atoms with E-state index in [1.54, 1.807) is 18.2 Å². The van der Waals surface area contributed by atoms with Crippen molar-refractivity contribution in [1.29, 1.82) is 0 Å². The number of nitrogen functional groups attached to an aromatic ring is 1. The van der Waals surface area contributed by atoms with Crippen LogP contribution in [0.4, 0.5) is 5.69 Å². The summed E-state index contributed by atoms with van der Waals surface area (Å²) in [6, 6.07) is 5.48. The van der Waals surface area contributed by atoms with Gasteiger partial charge >= 0.3 is 0 Å². The molecule has 0 aliphatic carbocycles. The van der Waals surface area contributed by atoms with Crippen LogP contribution < -0.4 is 11.1 Å². The van der Waals surface area contributed by atoms with Crippen molar-refractivity contribution < 1.29 is 4.79 Å². The van der Waals surface area contributed by atoms with Crippen molar-refractivity contribution in [2.24, 2.45) is 0 Å². The van der Waals surface area contributed by atoms with E-state index in [9.17, 15) is 4.79 Å². The van der Waals surface area contributed by atoms with Gasteiger partial charge in [-0.3, -0.25) is 4.79 Å². The molecule has 5 heteroatoms. The van der Waals surface area contributed by atoms with Crippen LogP contribution in [0.1, 0.15) is 37.0 Å². The van der Waals surface area contributed by atoms with Crippen molar-refractivity contribution in [1.82, 2.24) is 10.2 Å². The molecule has 0 fully saturated rings. The summed E-state index contributed by atoms with van der Waals surface area (Å²) in [5.74, 6) is -0.146. The van der Waals surface area contributed by atoms with Crippen LogP contribution in [0.3, 0.4) is 0 Å². The van der Waals surface area contributed by atoms with E-state index >= 15 is 0 Å². The largest absolute Gasteiger partial charge is 0.399 e. The Kier molecular flexibility index (Phi) is 6.82. The topological polar surface area (TPSA) is 58.4 Å². The van der Waals surface area contributed by atoms with Crippen LogP contribution in [0.5, 0.6) is 0 Å². The number of nitrogens with zero attached hydrogens (tertiary/aromatic N) is 1. The molecule has 0 heterocycles. The molecule has 0 radical (unpaired) electrons. The monoisotopic (exact) mass is 297 g/mol. The van der Waals surface area contributed by atoms with E-state index in [2.05, 4.69) is 31.1 Å². The molecule has 0 unspecified atom stereocenters. The van der Waals surface area contributed by atoms with Crippen molar-refractivity contribution in [3.8, 4) is 0 Å². The zero-order valence-corrected chi connectivity index (χ0v) is 13.2. The Morgan fingerprint density at radius 2 is 2.10 bits per heavy atom. The van der Waals surface area contributed by atoms with Gasteiger partial charge in [-0.15, -0.1) is 0 Å². The second kappa shape index (κ2) is 8.12. The number of hydrogen-bond acceptors (Lipinski definition) is 3. The van der Waals surface area contributed by atoms with E-state index in [1.807, 2.05) is 0 Å². The minimum absolute atomic E-state index is 0.146. The standard InChI is InChI=1S/C15H24ClN3O/c1-11(2)19(3)9-5-4-8-18-15(20)13-7-6-12(17)10-14(13)16/h6-7,10-11H,4-5,8-9,17H2,1-3H3,(H,18,20). The minimum Gasteiger partial charge on any atom is -0.399 e. The van der Waals surface area contributed by atoms with E-state index in [0.717, 1.165) is 19.4 Å². The molecule has 0 atom stereocenters. The second-order valence-electron chi connectivity index (χ2n) is 5.28. The highest BCUT2D eigenvalue weighted by Gasteiger charge is 2.09. The molecule has 1 aromatic carbocycles. The van der Waals surface area contributed by atoms with Gasteiger partial charge in [-0.1, -0.05) is 11.6 Å². The van der Waals surface area contributed by atoms with Gasteiger partial charge in [0.1, 0.15) is 0 Å². The van der Waals surface area contributed by atoms with Crippen LogP contribution in [0.25, 0.3) is 0 Å². The smallest absolute Gasteiger partial charge is 0.252 e. The van der Waals surface area contributed by atoms with Crippen LogP contribution in [-0.4, -0.2) is 37.0 Å². The lowest BCUT2D eigenvalue weighted by Gasteiger charge is -2.20. The summed E-state index contributed by atoms with van der Waals surface area (Å²) in [6.07, 6.45) is 2.01. The lowest BCUT2D eigenvalue weighted by atomic mass is 10.2. The first-order valence-electron chi connectivity index (χ1n) is 6.95. The van der Waals surface area contributed by atoms with Crippen molar-refractivity contribution in [3.05, 3.63) is 28.8 Å². The minimum atomic E-state index is -0.146. The molecule has 0 aliphatic rings. The molecule has 3 N–H and O–H groups in total. The third-order valence-corrected chi connectivity index (χ3v) is 3.66. The average Bonchev–Trinajstić information content (AvgIpc) is 2.37. The van der Waals surface area contributed by atoms with Gasteiger partial charge in [-0.2, -0.15) is 0 Å².